The van der Waals surface area contributed by atoms with Crippen LogP contribution < -0.4 is 0 Å². The number of phosphoric ester groups is 1. The van der Waals surface area contributed by atoms with Gasteiger partial charge in [-0.3, -0.25) is 14.1 Å². The van der Waals surface area contributed by atoms with Crippen molar-refractivity contribution in [2.45, 2.75) is 90.3 Å². The van der Waals surface area contributed by atoms with Crippen LogP contribution in [0, 0.1) is 0 Å². The van der Waals surface area contributed by atoms with Crippen molar-refractivity contribution in [1.29, 1.82) is 0 Å². The first-order valence-electron chi connectivity index (χ1n) is 11.3. The van der Waals surface area contributed by atoms with E-state index in [-0.39, 0.29) is 37.8 Å². The number of carbonyl (C=O) groups excluding carboxylic acids is 2. The van der Waals surface area contributed by atoms with Crippen molar-refractivity contribution in [2.24, 2.45) is 0 Å². The van der Waals surface area contributed by atoms with Crippen molar-refractivity contribution in [2.75, 3.05) is 34.3 Å². The first kappa shape index (κ1) is 30.0. The monoisotopic (exact) mass is 468 g/mol. The normalized spacial score (nSPS) is 14.2. The van der Waals surface area contributed by atoms with Gasteiger partial charge in [-0.1, -0.05) is 39.5 Å². The van der Waals surface area contributed by atoms with Gasteiger partial charge in [0, 0.05) is 12.8 Å². The third kappa shape index (κ3) is 19.4. The summed E-state index contributed by atoms with van der Waals surface area (Å²) in [5.74, 6) is -0.700. The molecule has 2 atom stereocenters. The minimum Gasteiger partial charge on any atom is -0.462 e. The smallest absolute Gasteiger partial charge is 0.462 e. The third-order valence-electron chi connectivity index (χ3n) is 4.55. The molecule has 0 fully saturated rings. The molecule has 0 aromatic heterocycles. The van der Waals surface area contributed by atoms with Gasteiger partial charge in [0.1, 0.15) is 25.4 Å². The van der Waals surface area contributed by atoms with Crippen LogP contribution in [-0.4, -0.2) is 72.7 Å². The molecule has 0 aliphatic carbocycles. The van der Waals surface area contributed by atoms with E-state index in [0.29, 0.717) is 17.4 Å². The number of hydrogen-bond acceptors (Lipinski definition) is 6. The molecule has 2 N–H and O–H groups in total. The molecule has 0 spiro atoms. The molecule has 184 valence electrons. The molecule has 0 aliphatic heterocycles. The Bertz CT molecular complexity index is 558. The highest BCUT2D eigenvalue weighted by molar-refractivity contribution is 7.46. The summed E-state index contributed by atoms with van der Waals surface area (Å²) in [6.07, 6.45) is 5.03. The van der Waals surface area contributed by atoms with Crippen LogP contribution >= 0.6 is 7.82 Å². The Morgan fingerprint density at radius 3 is 1.87 bits per heavy atom. The number of phosphoric acid groups is 1. The zero-order valence-corrected chi connectivity index (χ0v) is 20.8. The molecule has 31 heavy (non-hydrogen) atoms. The second-order valence-corrected chi connectivity index (χ2v) is 10.2. The summed E-state index contributed by atoms with van der Waals surface area (Å²) < 4.78 is 27.5. The highest BCUT2D eigenvalue weighted by Crippen LogP contribution is 2.39. The van der Waals surface area contributed by atoms with Gasteiger partial charge in [-0.15, -0.1) is 0 Å². The number of hydrogen-bond donors (Lipinski definition) is 2. The molecule has 0 radical (unpaired) electrons. The van der Waals surface area contributed by atoms with E-state index in [9.17, 15) is 23.9 Å². The number of quaternary nitrogens is 1. The van der Waals surface area contributed by atoms with Crippen molar-refractivity contribution < 1.29 is 42.4 Å². The van der Waals surface area contributed by atoms with Crippen molar-refractivity contribution >= 4 is 19.8 Å². The van der Waals surface area contributed by atoms with Crippen molar-refractivity contribution in [3.63, 3.8) is 0 Å². The molecule has 0 heterocycles. The van der Waals surface area contributed by atoms with Gasteiger partial charge in [0.15, 0.2) is 0 Å². The number of nitrogens with zero attached hydrogens (tertiary/aromatic N) is 1. The van der Waals surface area contributed by atoms with Crippen molar-refractivity contribution in [1.82, 2.24) is 0 Å². The van der Waals surface area contributed by atoms with E-state index in [1.807, 2.05) is 35.0 Å². The van der Waals surface area contributed by atoms with Crippen LogP contribution in [0.4, 0.5) is 0 Å². The highest BCUT2D eigenvalue weighted by Gasteiger charge is 2.29. The predicted octanol–water partition coefficient (Wildman–Crippen LogP) is 3.57. The Kier molecular flexibility index (Phi) is 15.3. The molecular formula is C21H43NO8P+. The summed E-state index contributed by atoms with van der Waals surface area (Å²) in [5.41, 5.74) is 0. The van der Waals surface area contributed by atoms with Gasteiger partial charge in [-0.05, 0) is 25.7 Å². The van der Waals surface area contributed by atoms with Gasteiger partial charge in [-0.2, -0.15) is 0 Å². The minimum absolute atomic E-state index is 0.0719. The van der Waals surface area contributed by atoms with Crippen LogP contribution in [0.5, 0.6) is 0 Å². The molecule has 0 saturated carbocycles. The summed E-state index contributed by atoms with van der Waals surface area (Å²) >= 11 is 0. The maximum absolute atomic E-state index is 12.2. The van der Waals surface area contributed by atoms with Gasteiger partial charge < -0.3 is 23.7 Å². The summed E-state index contributed by atoms with van der Waals surface area (Å²) in [6.45, 7) is 4.38. The van der Waals surface area contributed by atoms with E-state index < -0.39 is 20.0 Å². The molecule has 0 amide bonds. The predicted molar refractivity (Wildman–Crippen MR) is 118 cm³/mol. The Morgan fingerprint density at radius 1 is 0.871 bits per heavy atom. The maximum atomic E-state index is 12.2. The van der Waals surface area contributed by atoms with E-state index in [0.717, 1.165) is 38.5 Å². The van der Waals surface area contributed by atoms with Gasteiger partial charge >= 0.3 is 19.8 Å². The fourth-order valence-corrected chi connectivity index (χ4v) is 3.63. The third-order valence-corrected chi connectivity index (χ3v) is 5.12. The number of rotatable bonds is 18. The maximum Gasteiger partial charge on any atom is 0.470 e. The average Bonchev–Trinajstić information content (AvgIpc) is 2.61. The van der Waals surface area contributed by atoms with Gasteiger partial charge in [0.2, 0.25) is 0 Å². The van der Waals surface area contributed by atoms with Gasteiger partial charge in [0.25, 0.3) is 0 Å². The van der Waals surface area contributed by atoms with Gasteiger partial charge in [-0.25, -0.2) is 4.57 Å². The topological polar surface area (TPSA) is 119 Å². The zero-order chi connectivity index (χ0) is 23.9. The first-order chi connectivity index (χ1) is 14.4. The van der Waals surface area contributed by atoms with Crippen molar-refractivity contribution in [3.05, 3.63) is 0 Å². The fourth-order valence-electron chi connectivity index (χ4n) is 3.07. The standard InChI is InChI=1S/C21H42NO8P/c1-6-8-10-12-20(23)28-17-19(29-21(24)13-11-9-7-2)15-14-18(16-22(3,4)5)30-31(25,26)27/h18-19H,6-17H2,1-5H3,(H-,25,26,27)/p+1/t18?,19-/m0/s1. The molecule has 0 aromatic rings. The lowest BCUT2D eigenvalue weighted by Crippen LogP contribution is -2.42. The molecule has 0 aliphatic rings. The van der Waals surface area contributed by atoms with Crippen LogP contribution in [0.25, 0.3) is 0 Å². The Labute approximate surface area is 187 Å². The number of ether oxygens (including phenoxy) is 2. The molecule has 0 saturated heterocycles. The number of esters is 2. The van der Waals surface area contributed by atoms with E-state index in [2.05, 4.69) is 0 Å². The van der Waals surface area contributed by atoms with Crippen LogP contribution in [-0.2, 0) is 28.2 Å². The number of carbonyl (C=O) groups is 2. The second kappa shape index (κ2) is 15.8. The number of unbranched alkanes of at least 4 members (excludes halogenated alkanes) is 4. The highest BCUT2D eigenvalue weighted by atomic mass is 31.2. The van der Waals surface area contributed by atoms with E-state index in [1.165, 1.54) is 0 Å². The van der Waals surface area contributed by atoms with Crippen LogP contribution in [0.2, 0.25) is 0 Å². The molecule has 0 bridgehead atoms. The molecule has 0 aromatic carbocycles. The summed E-state index contributed by atoms with van der Waals surface area (Å²) in [5, 5.41) is 0. The average molecular weight is 469 g/mol. The lowest BCUT2D eigenvalue weighted by molar-refractivity contribution is -0.873. The molecule has 0 rings (SSSR count). The fraction of sp³-hybridized carbons (Fsp3) is 0.905. The second-order valence-electron chi connectivity index (χ2n) is 8.98. The molecule has 10 heteroatoms. The van der Waals surface area contributed by atoms with Crippen molar-refractivity contribution in [3.8, 4) is 0 Å². The Hall–Kier alpha value is -0.990. The Morgan fingerprint density at radius 2 is 1.39 bits per heavy atom. The van der Waals surface area contributed by atoms with E-state index in [4.69, 9.17) is 14.0 Å². The van der Waals surface area contributed by atoms with E-state index >= 15 is 0 Å². The Balaban J connectivity index is 4.94. The molecule has 1 unspecified atom stereocenters. The van der Waals surface area contributed by atoms with Crippen LogP contribution in [0.3, 0.4) is 0 Å². The zero-order valence-electron chi connectivity index (χ0n) is 19.9. The summed E-state index contributed by atoms with van der Waals surface area (Å²) in [6, 6.07) is 0. The largest absolute Gasteiger partial charge is 0.470 e. The summed E-state index contributed by atoms with van der Waals surface area (Å²) in [4.78, 5) is 42.5. The quantitative estimate of drug-likeness (QED) is 0.136. The van der Waals surface area contributed by atoms with Gasteiger partial charge in [0.05, 0.1) is 21.1 Å². The van der Waals surface area contributed by atoms with Crippen LogP contribution in [0.1, 0.15) is 78.1 Å². The summed E-state index contributed by atoms with van der Waals surface area (Å²) in [7, 11) is 1.00. The first-order valence-corrected chi connectivity index (χ1v) is 12.8. The lowest BCUT2D eigenvalue weighted by atomic mass is 10.1. The van der Waals surface area contributed by atoms with Crippen LogP contribution in [0.15, 0.2) is 0 Å². The lowest BCUT2D eigenvalue weighted by Gasteiger charge is -2.30. The number of likely N-dealkylation sites (N-methyl/N-ethyl adjacent to an activating group) is 1. The minimum atomic E-state index is -4.66. The van der Waals surface area contributed by atoms with E-state index in [1.54, 1.807) is 0 Å². The molecule has 9 nitrogen and oxygen atoms in total. The SMILES string of the molecule is CCCCCC(=O)OC[C@H](CCC(C[N+](C)(C)C)OP(=O)(O)O)OC(=O)CCCCC. The molecular weight excluding hydrogens is 425 g/mol.